The summed E-state index contributed by atoms with van der Waals surface area (Å²) in [7, 11) is 2.84. The lowest BCUT2D eigenvalue weighted by Gasteiger charge is -2.20. The van der Waals surface area contributed by atoms with Crippen molar-refractivity contribution < 1.29 is 33.1 Å². The molecule has 0 saturated carbocycles. The molecule has 3 rings (SSSR count). The Morgan fingerprint density at radius 3 is 2.48 bits per heavy atom. The summed E-state index contributed by atoms with van der Waals surface area (Å²) in [5, 5.41) is 0.0509. The van der Waals surface area contributed by atoms with E-state index in [2.05, 4.69) is 9.97 Å². The summed E-state index contributed by atoms with van der Waals surface area (Å²) in [5.74, 6) is 5.56. The lowest BCUT2D eigenvalue weighted by atomic mass is 10.1. The Kier molecular flexibility index (Phi) is 5.13. The number of hydrogen-bond donors (Lipinski definition) is 1. The van der Waals surface area contributed by atoms with E-state index in [0.29, 0.717) is 0 Å². The molecule has 0 aliphatic carbocycles. The van der Waals surface area contributed by atoms with Crippen LogP contribution in [0, 0.1) is 0 Å². The van der Waals surface area contributed by atoms with Crippen LogP contribution >= 0.6 is 11.6 Å². The van der Waals surface area contributed by atoms with Gasteiger partial charge in [-0.15, -0.1) is 0 Å². The van der Waals surface area contributed by atoms with Gasteiger partial charge in [-0.05, 0) is 12.1 Å². The summed E-state index contributed by atoms with van der Waals surface area (Å²) < 4.78 is 19.5. The Hall–Kier alpha value is -2.95. The van der Waals surface area contributed by atoms with Crippen molar-refractivity contribution in [2.24, 2.45) is 5.84 Å². The number of cyclic esters (lactones) is 1. The van der Waals surface area contributed by atoms with E-state index in [9.17, 15) is 9.59 Å². The fraction of sp³-hybridized carbons (Fsp3) is 0.250. The second-order valence-electron chi connectivity index (χ2n) is 5.46. The summed E-state index contributed by atoms with van der Waals surface area (Å²) in [6, 6.07) is 5.83. The van der Waals surface area contributed by atoms with Gasteiger partial charge < -0.3 is 18.9 Å². The molecule has 1 saturated heterocycles. The van der Waals surface area contributed by atoms with Crippen LogP contribution in [0.2, 0.25) is 5.02 Å². The first-order valence-electron chi connectivity index (χ1n) is 7.71. The van der Waals surface area contributed by atoms with Gasteiger partial charge in [0.05, 0.1) is 25.3 Å². The highest BCUT2D eigenvalue weighted by molar-refractivity contribution is 6.34. The number of imide groups is 1. The monoisotopic (exact) mass is 395 g/mol. The van der Waals surface area contributed by atoms with Crippen LogP contribution in [0.4, 0.5) is 4.79 Å². The average Bonchev–Trinajstić information content (AvgIpc) is 3.01. The molecule has 142 valence electrons. The first-order valence-corrected chi connectivity index (χ1v) is 8.09. The van der Waals surface area contributed by atoms with E-state index in [0.717, 1.165) is 0 Å². The third kappa shape index (κ3) is 3.50. The lowest BCUT2D eigenvalue weighted by molar-refractivity contribution is -0.770. The number of carbonyl (C=O) groups is 2. The van der Waals surface area contributed by atoms with Crippen LogP contribution in [-0.2, 0) is 4.74 Å². The number of methoxy groups -OCH3 is 2. The molecule has 1 aliphatic heterocycles. The van der Waals surface area contributed by atoms with E-state index >= 15 is 0 Å². The van der Waals surface area contributed by atoms with E-state index < -0.39 is 16.6 Å². The van der Waals surface area contributed by atoms with Crippen LogP contribution in [0.25, 0.3) is 0 Å². The molecular weight excluding hydrogens is 380 g/mol. The fourth-order valence-corrected chi connectivity index (χ4v) is 2.65. The minimum Gasteiger partial charge on any atom is -0.481 e. The van der Waals surface area contributed by atoms with Gasteiger partial charge in [-0.3, -0.25) is 0 Å². The van der Waals surface area contributed by atoms with Crippen molar-refractivity contribution in [1.82, 2.24) is 9.97 Å². The molecule has 1 aromatic heterocycles. The molecule has 1 atom stereocenters. The minimum atomic E-state index is -1.07. The first-order chi connectivity index (χ1) is 12.9. The number of benzene rings is 1. The second-order valence-corrected chi connectivity index (χ2v) is 5.87. The zero-order valence-electron chi connectivity index (χ0n) is 14.5. The highest BCUT2D eigenvalue weighted by Crippen LogP contribution is 2.33. The summed E-state index contributed by atoms with van der Waals surface area (Å²) in [6.45, 7) is 0.00369. The normalized spacial score (nSPS) is 18.7. The zero-order valence-corrected chi connectivity index (χ0v) is 15.2. The molecule has 1 fully saturated rings. The van der Waals surface area contributed by atoms with E-state index in [1.807, 2.05) is 0 Å². The number of ether oxygens (including phenoxy) is 4. The third-order valence-corrected chi connectivity index (χ3v) is 4.14. The third-order valence-electron chi connectivity index (χ3n) is 3.83. The number of rotatable bonds is 5. The molecule has 1 aromatic carbocycles. The van der Waals surface area contributed by atoms with E-state index in [1.54, 1.807) is 6.07 Å². The summed E-state index contributed by atoms with van der Waals surface area (Å²) in [6.07, 6.45) is -0.870. The largest absolute Gasteiger partial charge is 0.544 e. The zero-order chi connectivity index (χ0) is 19.6. The van der Waals surface area contributed by atoms with Crippen LogP contribution in [0.15, 0.2) is 24.3 Å². The van der Waals surface area contributed by atoms with Crippen molar-refractivity contribution in [2.45, 2.75) is 0 Å². The minimum absolute atomic E-state index is 0.0189. The number of nitrogens with zero attached hydrogens (tertiary/aromatic N) is 3. The molecule has 0 bridgehead atoms. The number of halogens is 1. The Bertz CT molecular complexity index is 886. The Balaban J connectivity index is 2.02. The summed E-state index contributed by atoms with van der Waals surface area (Å²) in [4.78, 5) is 32.9. The molecule has 2 aromatic rings. The van der Waals surface area contributed by atoms with E-state index in [4.69, 9.17) is 36.4 Å². The number of hydrogen-bond acceptors (Lipinski definition) is 9. The molecule has 1 unspecified atom stereocenters. The van der Waals surface area contributed by atoms with Gasteiger partial charge in [0.15, 0.2) is 0 Å². The molecule has 1 aliphatic rings. The molecule has 0 radical (unpaired) electrons. The number of nitrogens with two attached hydrogens (primary N) is 1. The lowest BCUT2D eigenvalue weighted by Crippen LogP contribution is -2.59. The van der Waals surface area contributed by atoms with Crippen molar-refractivity contribution in [2.75, 3.05) is 27.4 Å². The molecule has 11 heteroatoms. The number of amides is 2. The van der Waals surface area contributed by atoms with Gasteiger partial charge in [0.1, 0.15) is 24.5 Å². The highest BCUT2D eigenvalue weighted by atomic mass is 35.5. The maximum atomic E-state index is 12.9. The molecule has 27 heavy (non-hydrogen) atoms. The maximum Gasteiger partial charge on any atom is 0.544 e. The van der Waals surface area contributed by atoms with Crippen LogP contribution < -0.4 is 20.1 Å². The predicted octanol–water partition coefficient (Wildman–Crippen LogP) is 1.92. The quantitative estimate of drug-likeness (QED) is 0.459. The van der Waals surface area contributed by atoms with Gasteiger partial charge in [-0.1, -0.05) is 22.3 Å². The van der Waals surface area contributed by atoms with Crippen LogP contribution in [0.1, 0.15) is 10.4 Å². The van der Waals surface area contributed by atoms with Gasteiger partial charge in [0.25, 0.3) is 0 Å². The maximum absolute atomic E-state index is 12.9. The van der Waals surface area contributed by atoms with Gasteiger partial charge in [0.2, 0.25) is 11.8 Å². The van der Waals surface area contributed by atoms with Gasteiger partial charge in [-0.2, -0.15) is 20.6 Å². The van der Waals surface area contributed by atoms with Crippen molar-refractivity contribution in [3.63, 3.8) is 0 Å². The molecule has 2 heterocycles. The van der Waals surface area contributed by atoms with Crippen molar-refractivity contribution in [3.05, 3.63) is 34.9 Å². The smallest absolute Gasteiger partial charge is 0.481 e. The molecule has 10 nitrogen and oxygen atoms in total. The number of quaternary nitrogens is 1. The van der Waals surface area contributed by atoms with Crippen molar-refractivity contribution in [1.29, 1.82) is 0 Å². The van der Waals surface area contributed by atoms with Crippen molar-refractivity contribution >= 4 is 23.6 Å². The van der Waals surface area contributed by atoms with E-state index in [1.165, 1.54) is 32.4 Å². The predicted molar refractivity (Wildman–Crippen MR) is 91.7 cm³/mol. The van der Waals surface area contributed by atoms with Gasteiger partial charge in [0, 0.05) is 0 Å². The molecule has 0 spiro atoms. The van der Waals surface area contributed by atoms with E-state index in [-0.39, 0.29) is 47.3 Å². The standard InChI is InChI=1S/C16H16ClN4O6/c1-24-11-8-12(25-2)20-15(19-11)27-10-5-3-4-9(17)13(10)14(22)21(18)6-7-26-16(21)23/h3-5,8H,6-7,18H2,1-2H3/q+1. The average molecular weight is 396 g/mol. The van der Waals surface area contributed by atoms with Crippen LogP contribution in [0.5, 0.6) is 23.5 Å². The van der Waals surface area contributed by atoms with Crippen LogP contribution in [0.3, 0.4) is 0 Å². The summed E-state index contributed by atoms with van der Waals surface area (Å²) >= 11 is 6.19. The molecule has 2 N–H and O–H groups in total. The number of carbonyl (C=O) groups excluding carboxylic acids is 2. The second kappa shape index (κ2) is 7.35. The number of aromatic nitrogens is 2. The Labute approximate surface area is 158 Å². The van der Waals surface area contributed by atoms with Gasteiger partial charge in [-0.25, -0.2) is 4.79 Å². The fourth-order valence-electron chi connectivity index (χ4n) is 2.40. The topological polar surface area (TPSA) is 123 Å². The highest BCUT2D eigenvalue weighted by Gasteiger charge is 2.51. The summed E-state index contributed by atoms with van der Waals surface area (Å²) in [5.41, 5.74) is -0.0918. The van der Waals surface area contributed by atoms with Gasteiger partial charge >= 0.3 is 18.0 Å². The SMILES string of the molecule is COc1cc(OC)nc(Oc2cccc(Cl)c2C(=O)[N+]2(N)CCOC2=O)n1. The molecular formula is C16H16ClN4O6+. The molecule has 2 amide bonds. The Morgan fingerprint density at radius 1 is 1.26 bits per heavy atom. The van der Waals surface area contributed by atoms with Crippen molar-refractivity contribution in [3.8, 4) is 23.5 Å². The van der Waals surface area contributed by atoms with Crippen LogP contribution in [-0.4, -0.2) is 53.9 Å². The Morgan fingerprint density at radius 2 is 1.93 bits per heavy atom. The first kappa shape index (κ1) is 18.8.